The van der Waals surface area contributed by atoms with E-state index in [9.17, 15) is 0 Å². The van der Waals surface area contributed by atoms with Gasteiger partial charge in [0.1, 0.15) is 0 Å². The van der Waals surface area contributed by atoms with Crippen LogP contribution in [0.1, 0.15) is 24.6 Å². The van der Waals surface area contributed by atoms with Gasteiger partial charge in [-0.15, -0.1) is 11.3 Å². The van der Waals surface area contributed by atoms with E-state index in [1.807, 2.05) is 11.3 Å². The highest BCUT2D eigenvalue weighted by atomic mass is 32.1. The van der Waals surface area contributed by atoms with Gasteiger partial charge in [0.2, 0.25) is 0 Å². The van der Waals surface area contributed by atoms with E-state index in [0.717, 1.165) is 0 Å². The summed E-state index contributed by atoms with van der Waals surface area (Å²) in [5.41, 5.74) is 0. The lowest BCUT2D eigenvalue weighted by Gasteiger charge is -2.20. The molecule has 2 heteroatoms. The second kappa shape index (κ2) is 6.56. The first-order chi connectivity index (χ1) is 10.3. The Morgan fingerprint density at radius 3 is 1.76 bits per heavy atom. The standard InChI is InChI=1S/C19H19PS/c1-15(2)19-18(13-14-21-19)20(16-9-5-3-6-10-16)17-11-7-4-8-12-17/h3-15H,1-2H3. The van der Waals surface area contributed by atoms with Crippen LogP contribution in [0.25, 0.3) is 0 Å². The molecule has 1 aromatic heterocycles. The summed E-state index contributed by atoms with van der Waals surface area (Å²) in [5, 5.41) is 6.62. The molecule has 0 unspecified atom stereocenters. The van der Waals surface area contributed by atoms with E-state index in [1.165, 1.54) is 20.8 Å². The molecule has 0 bridgehead atoms. The van der Waals surface area contributed by atoms with Gasteiger partial charge in [0.05, 0.1) is 0 Å². The van der Waals surface area contributed by atoms with Crippen molar-refractivity contribution < 1.29 is 0 Å². The quantitative estimate of drug-likeness (QED) is 0.616. The third-order valence-electron chi connectivity index (χ3n) is 3.47. The molecule has 3 rings (SSSR count). The Balaban J connectivity index is 2.15. The summed E-state index contributed by atoms with van der Waals surface area (Å²) in [6, 6.07) is 24.2. The first-order valence-corrected chi connectivity index (χ1v) is 9.47. The summed E-state index contributed by atoms with van der Waals surface area (Å²) in [5.74, 6) is 0.581. The fraction of sp³-hybridized carbons (Fsp3) is 0.158. The van der Waals surface area contributed by atoms with Gasteiger partial charge in [-0.3, -0.25) is 0 Å². The summed E-state index contributed by atoms with van der Waals surface area (Å²) in [7, 11) is -0.452. The molecule has 0 radical (unpaired) electrons. The van der Waals surface area contributed by atoms with Crippen LogP contribution in [-0.4, -0.2) is 0 Å². The number of hydrogen-bond donors (Lipinski definition) is 0. The summed E-state index contributed by atoms with van der Waals surface area (Å²) in [6.07, 6.45) is 0. The fourth-order valence-corrected chi connectivity index (χ4v) is 6.35. The molecule has 106 valence electrons. The van der Waals surface area contributed by atoms with Crippen molar-refractivity contribution in [3.63, 3.8) is 0 Å². The molecule has 0 nitrogen and oxygen atoms in total. The maximum absolute atomic E-state index is 2.33. The maximum atomic E-state index is 2.33. The number of hydrogen-bond acceptors (Lipinski definition) is 1. The van der Waals surface area contributed by atoms with Gasteiger partial charge in [0.25, 0.3) is 0 Å². The fourth-order valence-electron chi connectivity index (χ4n) is 2.51. The van der Waals surface area contributed by atoms with E-state index in [2.05, 4.69) is 86.0 Å². The predicted octanol–water partition coefficient (Wildman–Crippen LogP) is 4.63. The minimum absolute atomic E-state index is 0.452. The first-order valence-electron chi connectivity index (χ1n) is 7.25. The van der Waals surface area contributed by atoms with Crippen LogP contribution in [0.4, 0.5) is 0 Å². The lowest BCUT2D eigenvalue weighted by molar-refractivity contribution is 0.895. The maximum Gasteiger partial charge on any atom is 0.0154 e. The number of thiophene rings is 1. The molecule has 0 saturated heterocycles. The number of rotatable bonds is 4. The summed E-state index contributed by atoms with van der Waals surface area (Å²) in [6.45, 7) is 4.58. The molecular weight excluding hydrogens is 291 g/mol. The van der Waals surface area contributed by atoms with Crippen molar-refractivity contribution in [3.05, 3.63) is 77.0 Å². The average Bonchev–Trinajstić information content (AvgIpc) is 2.99. The Bertz CT molecular complexity index is 646. The molecule has 0 aliphatic rings. The summed E-state index contributed by atoms with van der Waals surface area (Å²) >= 11 is 1.89. The first kappa shape index (κ1) is 14.5. The van der Waals surface area contributed by atoms with Crippen molar-refractivity contribution in [1.82, 2.24) is 0 Å². The molecule has 21 heavy (non-hydrogen) atoms. The van der Waals surface area contributed by atoms with Crippen LogP contribution in [0, 0.1) is 0 Å². The van der Waals surface area contributed by atoms with E-state index in [4.69, 9.17) is 0 Å². The highest BCUT2D eigenvalue weighted by Crippen LogP contribution is 2.37. The summed E-state index contributed by atoms with van der Waals surface area (Å²) in [4.78, 5) is 1.52. The minimum atomic E-state index is -0.452. The van der Waals surface area contributed by atoms with E-state index in [1.54, 1.807) is 0 Å². The van der Waals surface area contributed by atoms with Gasteiger partial charge >= 0.3 is 0 Å². The molecular formula is C19H19PS. The Labute approximate surface area is 132 Å². The van der Waals surface area contributed by atoms with Crippen LogP contribution in [0.2, 0.25) is 0 Å². The van der Waals surface area contributed by atoms with Gasteiger partial charge < -0.3 is 0 Å². The zero-order chi connectivity index (χ0) is 14.7. The predicted molar refractivity (Wildman–Crippen MR) is 97.1 cm³/mol. The highest BCUT2D eigenvalue weighted by Gasteiger charge is 2.21. The molecule has 0 aliphatic heterocycles. The van der Waals surface area contributed by atoms with E-state index >= 15 is 0 Å². The Morgan fingerprint density at radius 1 is 0.762 bits per heavy atom. The van der Waals surface area contributed by atoms with Crippen molar-refractivity contribution in [2.75, 3.05) is 0 Å². The third-order valence-corrected chi connectivity index (χ3v) is 7.34. The molecule has 0 amide bonds. The summed E-state index contributed by atoms with van der Waals surface area (Å²) < 4.78 is 0. The van der Waals surface area contributed by atoms with Crippen LogP contribution in [0.3, 0.4) is 0 Å². The molecule has 0 N–H and O–H groups in total. The van der Waals surface area contributed by atoms with Crippen molar-refractivity contribution in [3.8, 4) is 0 Å². The molecule has 1 heterocycles. The average molecular weight is 310 g/mol. The van der Waals surface area contributed by atoms with Crippen LogP contribution >= 0.6 is 19.3 Å². The van der Waals surface area contributed by atoms with Gasteiger partial charge in [0, 0.05) is 4.88 Å². The number of benzene rings is 2. The van der Waals surface area contributed by atoms with Gasteiger partial charge in [-0.05, 0) is 41.2 Å². The van der Waals surface area contributed by atoms with Gasteiger partial charge in [-0.25, -0.2) is 0 Å². The Hall–Kier alpha value is -1.43. The van der Waals surface area contributed by atoms with Gasteiger partial charge in [-0.2, -0.15) is 0 Å². The monoisotopic (exact) mass is 310 g/mol. The lowest BCUT2D eigenvalue weighted by Crippen LogP contribution is -2.21. The molecule has 2 aromatic carbocycles. The second-order valence-electron chi connectivity index (χ2n) is 5.33. The van der Waals surface area contributed by atoms with Crippen molar-refractivity contribution in [2.45, 2.75) is 19.8 Å². The van der Waals surface area contributed by atoms with Crippen molar-refractivity contribution in [2.24, 2.45) is 0 Å². The van der Waals surface area contributed by atoms with Crippen molar-refractivity contribution >= 4 is 35.2 Å². The van der Waals surface area contributed by atoms with E-state index in [0.29, 0.717) is 5.92 Å². The molecule has 3 aromatic rings. The highest BCUT2D eigenvalue weighted by molar-refractivity contribution is 7.80. The molecule has 0 fully saturated rings. The van der Waals surface area contributed by atoms with Crippen LogP contribution in [0.5, 0.6) is 0 Å². The van der Waals surface area contributed by atoms with E-state index in [-0.39, 0.29) is 0 Å². The van der Waals surface area contributed by atoms with Crippen LogP contribution in [0.15, 0.2) is 72.1 Å². The molecule has 0 spiro atoms. The Morgan fingerprint density at radius 2 is 1.29 bits per heavy atom. The SMILES string of the molecule is CC(C)c1sccc1P(c1ccccc1)c1ccccc1. The third kappa shape index (κ3) is 3.10. The molecule has 0 saturated carbocycles. The largest absolute Gasteiger partial charge is 0.148 e. The molecule has 0 aliphatic carbocycles. The van der Waals surface area contributed by atoms with E-state index < -0.39 is 7.92 Å². The lowest BCUT2D eigenvalue weighted by atomic mass is 10.2. The van der Waals surface area contributed by atoms with Crippen LogP contribution < -0.4 is 15.9 Å². The zero-order valence-corrected chi connectivity index (χ0v) is 14.1. The topological polar surface area (TPSA) is 0 Å². The van der Waals surface area contributed by atoms with Crippen LogP contribution in [-0.2, 0) is 0 Å². The van der Waals surface area contributed by atoms with Gasteiger partial charge in [0.15, 0.2) is 0 Å². The normalized spacial score (nSPS) is 11.2. The second-order valence-corrected chi connectivity index (χ2v) is 8.46. The zero-order valence-electron chi connectivity index (χ0n) is 12.4. The van der Waals surface area contributed by atoms with Gasteiger partial charge in [-0.1, -0.05) is 74.5 Å². The van der Waals surface area contributed by atoms with Crippen molar-refractivity contribution in [1.29, 1.82) is 0 Å². The molecule has 0 atom stereocenters. The smallest absolute Gasteiger partial charge is 0.0154 e. The Kier molecular flexibility index (Phi) is 4.53. The minimum Gasteiger partial charge on any atom is -0.148 e.